The normalized spacial score (nSPS) is 11.4. The third-order valence-electron chi connectivity index (χ3n) is 3.53. The summed E-state index contributed by atoms with van der Waals surface area (Å²) in [5, 5.41) is 1.80. The van der Waals surface area contributed by atoms with Gasteiger partial charge in [0.15, 0.2) is 5.58 Å². The van der Waals surface area contributed by atoms with Gasteiger partial charge in [-0.25, -0.2) is 4.98 Å². The van der Waals surface area contributed by atoms with E-state index in [0.717, 1.165) is 32.6 Å². The van der Waals surface area contributed by atoms with Crippen LogP contribution in [-0.2, 0) is 0 Å². The van der Waals surface area contributed by atoms with Gasteiger partial charge in [0.25, 0.3) is 5.22 Å². The maximum atomic E-state index is 5.82. The van der Waals surface area contributed by atoms with Crippen LogP contribution in [0.25, 0.3) is 22.0 Å². The average molecular weight is 306 g/mol. The average Bonchev–Trinajstić information content (AvgIpc) is 2.90. The Morgan fingerprint density at radius 1 is 0.909 bits per heavy atom. The second-order valence-electron chi connectivity index (χ2n) is 5.33. The Kier molecular flexibility index (Phi) is 3.12. The molecule has 4 aromatic rings. The predicted molar refractivity (Wildman–Crippen MR) is 89.3 cm³/mol. The van der Waals surface area contributed by atoms with Gasteiger partial charge in [-0.05, 0) is 55.9 Å². The fourth-order valence-corrected chi connectivity index (χ4v) is 3.47. The molecule has 0 radical (unpaired) electrons. The van der Waals surface area contributed by atoms with E-state index in [1.165, 1.54) is 5.56 Å². The lowest BCUT2D eigenvalue weighted by Gasteiger charge is -2.06. The first kappa shape index (κ1) is 13.3. The van der Waals surface area contributed by atoms with E-state index in [1.807, 2.05) is 31.2 Å². The number of rotatable bonds is 2. The van der Waals surface area contributed by atoms with E-state index in [1.54, 1.807) is 11.8 Å². The molecule has 22 heavy (non-hydrogen) atoms. The predicted octanol–water partition coefficient (Wildman–Crippen LogP) is 5.14. The van der Waals surface area contributed by atoms with Gasteiger partial charge in [0.05, 0.1) is 5.52 Å². The molecule has 2 aromatic carbocycles. The van der Waals surface area contributed by atoms with Crippen LogP contribution in [0.5, 0.6) is 0 Å². The lowest BCUT2D eigenvalue weighted by atomic mass is 10.1. The summed E-state index contributed by atoms with van der Waals surface area (Å²) in [6, 6.07) is 16.2. The number of aromatic nitrogens is 2. The third-order valence-corrected chi connectivity index (χ3v) is 4.43. The van der Waals surface area contributed by atoms with Gasteiger partial charge >= 0.3 is 0 Å². The number of nitrogens with zero attached hydrogens (tertiary/aromatic N) is 2. The third kappa shape index (κ3) is 2.35. The Labute approximate surface area is 132 Å². The van der Waals surface area contributed by atoms with Crippen LogP contribution in [0.4, 0.5) is 0 Å². The van der Waals surface area contributed by atoms with Gasteiger partial charge in [-0.1, -0.05) is 23.8 Å². The van der Waals surface area contributed by atoms with Crippen molar-refractivity contribution in [2.24, 2.45) is 0 Å². The molecule has 0 fully saturated rings. The van der Waals surface area contributed by atoms with Gasteiger partial charge in [0.1, 0.15) is 5.52 Å². The molecule has 0 N–H and O–H groups in total. The van der Waals surface area contributed by atoms with Crippen molar-refractivity contribution >= 4 is 33.8 Å². The highest BCUT2D eigenvalue weighted by molar-refractivity contribution is 7.99. The summed E-state index contributed by atoms with van der Waals surface area (Å²) in [5.74, 6) is 0. The van der Waals surface area contributed by atoms with Crippen LogP contribution in [0.15, 0.2) is 63.1 Å². The molecule has 0 aliphatic heterocycles. The lowest BCUT2D eigenvalue weighted by molar-refractivity contribution is 0.489. The van der Waals surface area contributed by atoms with E-state index in [2.05, 4.69) is 41.2 Å². The molecule has 0 atom stereocenters. The zero-order valence-corrected chi connectivity index (χ0v) is 13.1. The molecule has 3 nitrogen and oxygen atoms in total. The van der Waals surface area contributed by atoms with Gasteiger partial charge in [-0.15, -0.1) is 0 Å². The Bertz CT molecular complexity index is 958. The molecular weight excluding hydrogens is 292 g/mol. The molecule has 0 amide bonds. The van der Waals surface area contributed by atoms with Crippen molar-refractivity contribution in [2.75, 3.05) is 0 Å². The van der Waals surface area contributed by atoms with Crippen molar-refractivity contribution in [2.45, 2.75) is 24.0 Å². The van der Waals surface area contributed by atoms with Crippen molar-refractivity contribution in [1.82, 2.24) is 9.97 Å². The van der Waals surface area contributed by atoms with Gasteiger partial charge in [0, 0.05) is 16.0 Å². The van der Waals surface area contributed by atoms with Crippen molar-refractivity contribution in [1.29, 1.82) is 0 Å². The van der Waals surface area contributed by atoms with E-state index >= 15 is 0 Å². The van der Waals surface area contributed by atoms with Crippen molar-refractivity contribution < 1.29 is 4.42 Å². The van der Waals surface area contributed by atoms with Crippen LogP contribution in [0.3, 0.4) is 0 Å². The zero-order valence-electron chi connectivity index (χ0n) is 12.3. The van der Waals surface area contributed by atoms with Gasteiger partial charge in [-0.3, -0.25) is 4.98 Å². The van der Waals surface area contributed by atoms with Crippen LogP contribution >= 0.6 is 11.8 Å². The molecule has 108 valence electrons. The first-order chi connectivity index (χ1) is 10.7. The van der Waals surface area contributed by atoms with Crippen LogP contribution in [0.1, 0.15) is 11.3 Å². The number of benzene rings is 2. The molecule has 2 heterocycles. The Morgan fingerprint density at radius 2 is 1.77 bits per heavy atom. The Balaban J connectivity index is 1.84. The molecule has 0 saturated heterocycles. The molecule has 4 rings (SSSR count). The largest absolute Gasteiger partial charge is 0.431 e. The number of hydrogen-bond donors (Lipinski definition) is 0. The first-order valence-electron chi connectivity index (χ1n) is 7.10. The summed E-state index contributed by atoms with van der Waals surface area (Å²) in [6.07, 6.45) is 0. The highest BCUT2D eigenvalue weighted by atomic mass is 32.2. The summed E-state index contributed by atoms with van der Waals surface area (Å²) in [4.78, 5) is 10.3. The molecule has 0 bridgehead atoms. The van der Waals surface area contributed by atoms with Crippen molar-refractivity contribution in [3.63, 3.8) is 0 Å². The van der Waals surface area contributed by atoms with Crippen LogP contribution in [-0.4, -0.2) is 9.97 Å². The Hall–Kier alpha value is -2.33. The number of oxazole rings is 1. The van der Waals surface area contributed by atoms with E-state index in [-0.39, 0.29) is 0 Å². The fraction of sp³-hybridized carbons (Fsp3) is 0.111. The van der Waals surface area contributed by atoms with Gasteiger partial charge in [-0.2, -0.15) is 0 Å². The molecule has 0 saturated carbocycles. The zero-order chi connectivity index (χ0) is 15.1. The second kappa shape index (κ2) is 5.14. The number of fused-ring (bicyclic) bond motifs is 2. The topological polar surface area (TPSA) is 38.9 Å². The summed E-state index contributed by atoms with van der Waals surface area (Å²) < 4.78 is 5.82. The molecular formula is C18H14N2OS. The summed E-state index contributed by atoms with van der Waals surface area (Å²) in [7, 11) is 0. The van der Waals surface area contributed by atoms with E-state index in [0.29, 0.717) is 5.22 Å². The number of hydrogen-bond acceptors (Lipinski definition) is 4. The minimum absolute atomic E-state index is 0.662. The summed E-state index contributed by atoms with van der Waals surface area (Å²) in [5.41, 5.74) is 4.92. The number of para-hydroxylation sites is 2. The Morgan fingerprint density at radius 3 is 2.64 bits per heavy atom. The first-order valence-corrected chi connectivity index (χ1v) is 7.92. The van der Waals surface area contributed by atoms with Crippen molar-refractivity contribution in [3.05, 3.63) is 59.8 Å². The SMILES string of the molecule is Cc1ccc2nc(C)cc(Sc3nc4ccccc4o3)c2c1. The molecule has 2 aromatic heterocycles. The molecule has 4 heteroatoms. The van der Waals surface area contributed by atoms with E-state index in [4.69, 9.17) is 4.42 Å². The lowest BCUT2D eigenvalue weighted by Crippen LogP contribution is -1.87. The molecule has 0 aliphatic carbocycles. The highest BCUT2D eigenvalue weighted by Gasteiger charge is 2.11. The van der Waals surface area contributed by atoms with Crippen molar-refractivity contribution in [3.8, 4) is 0 Å². The summed E-state index contributed by atoms with van der Waals surface area (Å²) in [6.45, 7) is 4.10. The van der Waals surface area contributed by atoms with E-state index in [9.17, 15) is 0 Å². The highest BCUT2D eigenvalue weighted by Crippen LogP contribution is 2.34. The number of aryl methyl sites for hydroxylation is 2. The van der Waals surface area contributed by atoms with Crippen LogP contribution in [0, 0.1) is 13.8 Å². The van der Waals surface area contributed by atoms with E-state index < -0.39 is 0 Å². The van der Waals surface area contributed by atoms with Crippen LogP contribution < -0.4 is 0 Å². The maximum absolute atomic E-state index is 5.82. The monoisotopic (exact) mass is 306 g/mol. The smallest absolute Gasteiger partial charge is 0.261 e. The minimum Gasteiger partial charge on any atom is -0.431 e. The maximum Gasteiger partial charge on any atom is 0.261 e. The number of pyridine rings is 1. The molecule has 0 unspecified atom stereocenters. The summed E-state index contributed by atoms with van der Waals surface area (Å²) >= 11 is 1.55. The van der Waals surface area contributed by atoms with Gasteiger partial charge in [0.2, 0.25) is 0 Å². The standard InChI is InChI=1S/C18H14N2OS/c1-11-7-8-14-13(9-11)17(10-12(2)19-14)22-18-20-15-5-3-4-6-16(15)21-18/h3-10H,1-2H3. The van der Waals surface area contributed by atoms with Gasteiger partial charge < -0.3 is 4.42 Å². The van der Waals surface area contributed by atoms with Crippen LogP contribution in [0.2, 0.25) is 0 Å². The molecule has 0 spiro atoms. The minimum atomic E-state index is 0.662. The second-order valence-corrected chi connectivity index (χ2v) is 6.33. The molecule has 0 aliphatic rings. The quantitative estimate of drug-likeness (QED) is 0.514. The fourth-order valence-electron chi connectivity index (χ4n) is 2.51.